The molecule has 24 heavy (non-hydrogen) atoms. The van der Waals surface area contributed by atoms with Crippen LogP contribution in [0.4, 0.5) is 0 Å². The van der Waals surface area contributed by atoms with Crippen LogP contribution in [0, 0.1) is 5.92 Å². The summed E-state index contributed by atoms with van der Waals surface area (Å²) < 4.78 is 0. The number of nitrogens with zero attached hydrogens (tertiary/aromatic N) is 3. The molecule has 1 N–H and O–H groups in total. The standard InChI is InChI=1S/C19H32N4S/c1-15(2)18-14-23(10-11-24-18)19(20-3)21-12-16-8-6-7-9-17(16)13-22(4)5/h6-9,15,18H,10-14H2,1-5H3,(H,20,21). The molecule has 1 fully saturated rings. The lowest BCUT2D eigenvalue weighted by Gasteiger charge is -2.36. The monoisotopic (exact) mass is 348 g/mol. The van der Waals surface area contributed by atoms with Gasteiger partial charge in [-0.25, -0.2) is 0 Å². The highest BCUT2D eigenvalue weighted by Crippen LogP contribution is 2.24. The third kappa shape index (κ3) is 5.42. The minimum atomic E-state index is 0.693. The maximum absolute atomic E-state index is 4.52. The summed E-state index contributed by atoms with van der Waals surface area (Å²) in [5.74, 6) is 2.91. The Labute approximate surface area is 151 Å². The van der Waals surface area contributed by atoms with Crippen LogP contribution in [-0.2, 0) is 13.1 Å². The number of aliphatic imine (C=N–C) groups is 1. The Morgan fingerprint density at radius 2 is 2.04 bits per heavy atom. The molecule has 0 aliphatic carbocycles. The molecule has 134 valence electrons. The van der Waals surface area contributed by atoms with E-state index in [1.54, 1.807) is 0 Å². The first-order chi connectivity index (χ1) is 11.5. The number of benzene rings is 1. The molecule has 0 bridgehead atoms. The molecule has 1 saturated heterocycles. The first-order valence-corrected chi connectivity index (χ1v) is 9.84. The van der Waals surface area contributed by atoms with Crippen molar-refractivity contribution < 1.29 is 0 Å². The Kier molecular flexibility index (Phi) is 7.43. The van der Waals surface area contributed by atoms with Crippen LogP contribution < -0.4 is 5.32 Å². The molecule has 2 rings (SSSR count). The fraction of sp³-hybridized carbons (Fsp3) is 0.632. The van der Waals surface area contributed by atoms with E-state index in [-0.39, 0.29) is 0 Å². The van der Waals surface area contributed by atoms with Crippen molar-refractivity contribution in [3.8, 4) is 0 Å². The van der Waals surface area contributed by atoms with Crippen LogP contribution in [0.3, 0.4) is 0 Å². The molecule has 1 atom stereocenters. The fourth-order valence-electron chi connectivity index (χ4n) is 3.00. The SMILES string of the molecule is CN=C(NCc1ccccc1CN(C)C)N1CCSC(C(C)C)C1. The highest BCUT2D eigenvalue weighted by Gasteiger charge is 2.24. The number of nitrogens with one attached hydrogen (secondary N) is 1. The number of hydrogen-bond donors (Lipinski definition) is 1. The van der Waals surface area contributed by atoms with Crippen LogP contribution in [0.25, 0.3) is 0 Å². The first kappa shape index (κ1) is 19.1. The maximum Gasteiger partial charge on any atom is 0.193 e. The maximum atomic E-state index is 4.52. The van der Waals surface area contributed by atoms with Crippen molar-refractivity contribution in [2.45, 2.75) is 32.2 Å². The van der Waals surface area contributed by atoms with Gasteiger partial charge < -0.3 is 15.1 Å². The minimum absolute atomic E-state index is 0.693. The lowest BCUT2D eigenvalue weighted by atomic mass is 10.1. The molecule has 1 aliphatic heterocycles. The highest BCUT2D eigenvalue weighted by atomic mass is 32.2. The van der Waals surface area contributed by atoms with Gasteiger partial charge in [-0.2, -0.15) is 11.8 Å². The summed E-state index contributed by atoms with van der Waals surface area (Å²) in [6.45, 7) is 8.58. The third-order valence-corrected chi connectivity index (χ3v) is 5.93. The van der Waals surface area contributed by atoms with Crippen molar-refractivity contribution in [3.63, 3.8) is 0 Å². The fourth-order valence-corrected chi connectivity index (χ4v) is 4.30. The van der Waals surface area contributed by atoms with Gasteiger partial charge in [0, 0.05) is 44.2 Å². The van der Waals surface area contributed by atoms with Gasteiger partial charge in [0.2, 0.25) is 0 Å². The normalized spacial score (nSPS) is 19.2. The zero-order valence-corrected chi connectivity index (χ0v) is 16.6. The van der Waals surface area contributed by atoms with E-state index in [0.29, 0.717) is 11.2 Å². The predicted molar refractivity (Wildman–Crippen MR) is 107 cm³/mol. The van der Waals surface area contributed by atoms with Gasteiger partial charge in [0.25, 0.3) is 0 Å². The van der Waals surface area contributed by atoms with Gasteiger partial charge >= 0.3 is 0 Å². The van der Waals surface area contributed by atoms with Crippen LogP contribution in [0.2, 0.25) is 0 Å². The van der Waals surface area contributed by atoms with E-state index in [1.807, 2.05) is 7.05 Å². The van der Waals surface area contributed by atoms with Crippen LogP contribution in [0.1, 0.15) is 25.0 Å². The number of rotatable bonds is 5. The number of guanidine groups is 1. The zero-order chi connectivity index (χ0) is 17.5. The molecule has 1 heterocycles. The molecule has 0 aromatic heterocycles. The molecule has 0 spiro atoms. The van der Waals surface area contributed by atoms with Crippen molar-refractivity contribution in [3.05, 3.63) is 35.4 Å². The molecular formula is C19H32N4S. The van der Waals surface area contributed by atoms with E-state index >= 15 is 0 Å². The van der Waals surface area contributed by atoms with Crippen LogP contribution >= 0.6 is 11.8 Å². The van der Waals surface area contributed by atoms with Crippen molar-refractivity contribution in [2.24, 2.45) is 10.9 Å². The summed E-state index contributed by atoms with van der Waals surface area (Å²) in [6.07, 6.45) is 0. The molecular weight excluding hydrogens is 316 g/mol. The van der Waals surface area contributed by atoms with E-state index in [4.69, 9.17) is 0 Å². The van der Waals surface area contributed by atoms with Gasteiger partial charge in [-0.05, 0) is 31.1 Å². The summed E-state index contributed by atoms with van der Waals surface area (Å²) in [5, 5.41) is 4.27. The van der Waals surface area contributed by atoms with E-state index in [9.17, 15) is 0 Å². The zero-order valence-electron chi connectivity index (χ0n) is 15.7. The topological polar surface area (TPSA) is 30.9 Å². The van der Waals surface area contributed by atoms with Crippen molar-refractivity contribution in [2.75, 3.05) is 40.0 Å². The van der Waals surface area contributed by atoms with E-state index < -0.39 is 0 Å². The Bertz CT molecular complexity index is 542. The summed E-state index contributed by atoms with van der Waals surface area (Å²) in [4.78, 5) is 9.15. The molecule has 1 aliphatic rings. The Hall–Kier alpha value is -1.20. The van der Waals surface area contributed by atoms with Crippen LogP contribution in [0.15, 0.2) is 29.3 Å². The summed E-state index contributed by atoms with van der Waals surface area (Å²) in [6, 6.07) is 8.66. The molecule has 4 nitrogen and oxygen atoms in total. The minimum Gasteiger partial charge on any atom is -0.352 e. The van der Waals surface area contributed by atoms with Crippen molar-refractivity contribution >= 4 is 17.7 Å². The van der Waals surface area contributed by atoms with Gasteiger partial charge in [0.05, 0.1) is 0 Å². The lowest BCUT2D eigenvalue weighted by molar-refractivity contribution is 0.380. The summed E-state index contributed by atoms with van der Waals surface area (Å²) in [5.41, 5.74) is 2.72. The predicted octanol–water partition coefficient (Wildman–Crippen LogP) is 2.90. The van der Waals surface area contributed by atoms with Crippen LogP contribution in [0.5, 0.6) is 0 Å². The van der Waals surface area contributed by atoms with Gasteiger partial charge in [-0.3, -0.25) is 4.99 Å². The second-order valence-corrected chi connectivity index (χ2v) is 8.35. The quantitative estimate of drug-likeness (QED) is 0.655. The second kappa shape index (κ2) is 9.33. The largest absolute Gasteiger partial charge is 0.352 e. The van der Waals surface area contributed by atoms with Gasteiger partial charge in [0.1, 0.15) is 0 Å². The highest BCUT2D eigenvalue weighted by molar-refractivity contribution is 8.00. The lowest BCUT2D eigenvalue weighted by Crippen LogP contribution is -2.48. The Morgan fingerprint density at radius 1 is 1.33 bits per heavy atom. The number of thioether (sulfide) groups is 1. The molecule has 1 unspecified atom stereocenters. The molecule has 1 aromatic carbocycles. The van der Waals surface area contributed by atoms with Gasteiger partial charge in [0.15, 0.2) is 5.96 Å². The van der Waals surface area contributed by atoms with Gasteiger partial charge in [-0.1, -0.05) is 38.1 Å². The Balaban J connectivity index is 1.99. The first-order valence-electron chi connectivity index (χ1n) is 8.80. The smallest absolute Gasteiger partial charge is 0.193 e. The van der Waals surface area contributed by atoms with Crippen LogP contribution in [-0.4, -0.2) is 61.0 Å². The molecule has 0 amide bonds. The Morgan fingerprint density at radius 3 is 2.67 bits per heavy atom. The van der Waals surface area contributed by atoms with E-state index in [0.717, 1.165) is 32.1 Å². The van der Waals surface area contributed by atoms with Gasteiger partial charge in [-0.15, -0.1) is 0 Å². The average Bonchev–Trinajstić information content (AvgIpc) is 2.56. The molecule has 0 saturated carbocycles. The molecule has 1 aromatic rings. The van der Waals surface area contributed by atoms with Crippen molar-refractivity contribution in [1.29, 1.82) is 0 Å². The molecule has 0 radical (unpaired) electrons. The average molecular weight is 349 g/mol. The third-order valence-electron chi connectivity index (χ3n) is 4.39. The summed E-state index contributed by atoms with van der Waals surface area (Å²) in [7, 11) is 6.11. The van der Waals surface area contributed by atoms with E-state index in [1.165, 1.54) is 16.9 Å². The number of hydrogen-bond acceptors (Lipinski definition) is 3. The summed E-state index contributed by atoms with van der Waals surface area (Å²) >= 11 is 2.10. The van der Waals surface area contributed by atoms with Crippen molar-refractivity contribution in [1.82, 2.24) is 15.1 Å². The van der Waals surface area contributed by atoms with E-state index in [2.05, 4.69) is 84.1 Å². The second-order valence-electron chi connectivity index (χ2n) is 7.01. The molecule has 5 heteroatoms.